The van der Waals surface area contributed by atoms with Gasteiger partial charge in [-0.1, -0.05) is 51.9 Å². The fourth-order valence-electron chi connectivity index (χ4n) is 3.97. The summed E-state index contributed by atoms with van der Waals surface area (Å²) in [6.07, 6.45) is 11.0. The van der Waals surface area contributed by atoms with Crippen LogP contribution in [0.2, 0.25) is 51.4 Å². The molecule has 6 nitrogen and oxygen atoms in total. The first kappa shape index (κ1) is 30.3. The normalized spacial score (nSPS) is 14.1. The van der Waals surface area contributed by atoms with Crippen molar-refractivity contribution in [1.82, 2.24) is 0 Å². The van der Waals surface area contributed by atoms with Gasteiger partial charge >= 0.3 is 20.5 Å². The summed E-state index contributed by atoms with van der Waals surface area (Å²) in [5.74, 6) is -1.77. The fourth-order valence-corrected chi connectivity index (χ4v) is 17.9. The maximum atomic E-state index is 11.7. The Morgan fingerprint density at radius 2 is 1.42 bits per heavy atom. The summed E-state index contributed by atoms with van der Waals surface area (Å²) in [7, 11) is -6.04. The molecule has 0 amide bonds. The van der Waals surface area contributed by atoms with Crippen LogP contribution in [0.3, 0.4) is 0 Å². The van der Waals surface area contributed by atoms with E-state index in [2.05, 4.69) is 52.8 Å². The fraction of sp³-hybridized carbons (Fsp3) is 0.818. The molecule has 0 aromatic heterocycles. The number of esters is 1. The van der Waals surface area contributed by atoms with Crippen molar-refractivity contribution >= 4 is 37.1 Å². The van der Waals surface area contributed by atoms with Crippen molar-refractivity contribution in [3.63, 3.8) is 0 Å². The first-order valence-corrected chi connectivity index (χ1v) is 20.9. The lowest BCUT2D eigenvalue weighted by Crippen LogP contribution is -2.53. The molecule has 1 N–H and O–H groups in total. The number of ether oxygens (including phenoxy) is 1. The second kappa shape index (κ2) is 14.4. The highest BCUT2D eigenvalue weighted by molar-refractivity contribution is 6.87. The van der Waals surface area contributed by atoms with Crippen molar-refractivity contribution in [3.05, 3.63) is 12.2 Å². The smallest absolute Gasteiger partial charge is 0.331 e. The summed E-state index contributed by atoms with van der Waals surface area (Å²) < 4.78 is 18.4. The minimum atomic E-state index is -2.25. The third-order valence-corrected chi connectivity index (χ3v) is 16.1. The Labute approximate surface area is 193 Å². The number of rotatable bonds is 17. The molecule has 1 unspecified atom stereocenters. The number of carbonyl (C=O) groups excluding carboxylic acids is 1. The zero-order valence-corrected chi connectivity index (χ0v) is 24.1. The number of carbonyl (C=O) groups is 2. The largest absolute Gasteiger partial charge is 0.478 e. The van der Waals surface area contributed by atoms with E-state index in [0.717, 1.165) is 31.4 Å². The van der Waals surface area contributed by atoms with Crippen LogP contribution in [0, 0.1) is 0 Å². The third kappa shape index (κ3) is 16.5. The predicted molar refractivity (Wildman–Crippen MR) is 135 cm³/mol. The molecule has 0 saturated heterocycles. The molecule has 9 heteroatoms. The van der Waals surface area contributed by atoms with Gasteiger partial charge in [-0.15, -0.1) is 0 Å². The number of carboxylic acids is 1. The Morgan fingerprint density at radius 1 is 0.839 bits per heavy atom. The van der Waals surface area contributed by atoms with Crippen LogP contribution in [0.15, 0.2) is 12.2 Å². The number of aliphatic carboxylic acids is 1. The Hall–Kier alpha value is -0.749. The molecule has 0 aliphatic rings. The summed E-state index contributed by atoms with van der Waals surface area (Å²) in [4.78, 5) is 22.3. The Bertz CT molecular complexity index is 570. The van der Waals surface area contributed by atoms with E-state index in [1.807, 2.05) is 0 Å². The van der Waals surface area contributed by atoms with Gasteiger partial charge in [0.15, 0.2) is 16.6 Å². The number of unbranched alkanes of at least 4 members (excludes halogenated alkanes) is 5. The van der Waals surface area contributed by atoms with Crippen LogP contribution < -0.4 is 0 Å². The first-order valence-electron chi connectivity index (χ1n) is 11.7. The summed E-state index contributed by atoms with van der Waals surface area (Å²) in [5.41, 5.74) is 0.354. The molecule has 0 saturated carbocycles. The van der Waals surface area contributed by atoms with E-state index in [1.165, 1.54) is 32.1 Å². The van der Waals surface area contributed by atoms with Gasteiger partial charge < -0.3 is 18.1 Å². The van der Waals surface area contributed by atoms with E-state index in [9.17, 15) is 9.59 Å². The van der Waals surface area contributed by atoms with Crippen molar-refractivity contribution in [2.45, 2.75) is 110 Å². The van der Waals surface area contributed by atoms with E-state index in [0.29, 0.717) is 5.54 Å². The average Bonchev–Trinajstić information content (AvgIpc) is 2.57. The Balaban J connectivity index is 5.00. The van der Waals surface area contributed by atoms with Crippen LogP contribution in [-0.2, 0) is 22.6 Å². The number of carboxylic acid groups (broad SMARTS) is 1. The van der Waals surface area contributed by atoms with Gasteiger partial charge in [0.2, 0.25) is 0 Å². The molecular weight excluding hydrogens is 444 g/mol. The minimum Gasteiger partial charge on any atom is -0.478 e. The van der Waals surface area contributed by atoms with Crippen LogP contribution >= 0.6 is 0 Å². The van der Waals surface area contributed by atoms with Crippen LogP contribution in [0.4, 0.5) is 0 Å². The molecule has 0 aliphatic carbocycles. The Kier molecular flexibility index (Phi) is 14.1. The van der Waals surface area contributed by atoms with Crippen LogP contribution in [0.1, 0.15) is 58.3 Å². The summed E-state index contributed by atoms with van der Waals surface area (Å²) in [6, 6.07) is 0. The van der Waals surface area contributed by atoms with Gasteiger partial charge in [0, 0.05) is 12.2 Å². The topological polar surface area (TPSA) is 82.1 Å². The first-order chi connectivity index (χ1) is 14.2. The highest BCUT2D eigenvalue weighted by atomic mass is 28.5. The second-order valence-corrected chi connectivity index (χ2v) is 22.9. The molecule has 0 fully saturated rings. The molecule has 0 aromatic carbocycles. The molecule has 31 heavy (non-hydrogen) atoms. The zero-order chi connectivity index (χ0) is 24.1. The SMILES string of the molecule is CCCCCCCCC(CCOC(=O)/C=C/C(=O)O)[Si](C)(C)O[Si](C)(C)O[Si](C)(C)C. The summed E-state index contributed by atoms with van der Waals surface area (Å²) in [5, 5.41) is 8.64. The van der Waals surface area contributed by atoms with E-state index >= 15 is 0 Å². The van der Waals surface area contributed by atoms with E-state index in [4.69, 9.17) is 18.1 Å². The molecule has 0 spiro atoms. The van der Waals surface area contributed by atoms with E-state index in [-0.39, 0.29) is 6.61 Å². The van der Waals surface area contributed by atoms with E-state index in [1.54, 1.807) is 0 Å². The maximum Gasteiger partial charge on any atom is 0.331 e. The molecule has 0 heterocycles. The lowest BCUT2D eigenvalue weighted by atomic mass is 10.1. The third-order valence-electron chi connectivity index (χ3n) is 5.02. The van der Waals surface area contributed by atoms with Crippen molar-refractivity contribution in [3.8, 4) is 0 Å². The molecular formula is C22H46O6Si3. The number of hydrogen-bond donors (Lipinski definition) is 1. The van der Waals surface area contributed by atoms with E-state index < -0.39 is 37.1 Å². The lowest BCUT2D eigenvalue weighted by molar-refractivity contribution is -0.138. The monoisotopic (exact) mass is 490 g/mol. The molecule has 0 bridgehead atoms. The van der Waals surface area contributed by atoms with Crippen molar-refractivity contribution < 1.29 is 27.7 Å². The van der Waals surface area contributed by atoms with Crippen molar-refractivity contribution in [2.75, 3.05) is 6.61 Å². The highest BCUT2D eigenvalue weighted by Crippen LogP contribution is 2.35. The molecule has 0 radical (unpaired) electrons. The van der Waals surface area contributed by atoms with Gasteiger partial charge in [0.25, 0.3) is 0 Å². The van der Waals surface area contributed by atoms with Gasteiger partial charge in [0.05, 0.1) is 6.61 Å². The quantitative estimate of drug-likeness (QED) is 0.109. The predicted octanol–water partition coefficient (Wildman–Crippen LogP) is 6.46. The van der Waals surface area contributed by atoms with Gasteiger partial charge in [-0.25, -0.2) is 9.59 Å². The zero-order valence-electron chi connectivity index (χ0n) is 21.1. The van der Waals surface area contributed by atoms with Gasteiger partial charge in [0.1, 0.15) is 0 Å². The summed E-state index contributed by atoms with van der Waals surface area (Å²) in [6.45, 7) is 17.9. The molecule has 0 aliphatic heterocycles. The summed E-state index contributed by atoms with van der Waals surface area (Å²) >= 11 is 0. The van der Waals surface area contributed by atoms with Gasteiger partial charge in [-0.05, 0) is 57.8 Å². The highest BCUT2D eigenvalue weighted by Gasteiger charge is 2.42. The standard InChI is InChI=1S/C22H46O6Si3/c1-9-10-11-12-13-14-15-20(18-19-26-22(25)17-16-21(23)24)30(5,6)28-31(7,8)27-29(2,3)4/h16-17,20H,9-15,18-19H2,1-8H3,(H,23,24)/b17-16+. The van der Waals surface area contributed by atoms with Crippen LogP contribution in [0.5, 0.6) is 0 Å². The Morgan fingerprint density at radius 3 is 1.97 bits per heavy atom. The van der Waals surface area contributed by atoms with Gasteiger partial charge in [-0.3, -0.25) is 0 Å². The molecule has 0 aromatic rings. The number of hydrogen-bond acceptors (Lipinski definition) is 5. The lowest BCUT2D eigenvalue weighted by Gasteiger charge is -2.41. The molecule has 1 atom stereocenters. The van der Waals surface area contributed by atoms with Crippen molar-refractivity contribution in [2.24, 2.45) is 0 Å². The average molecular weight is 491 g/mol. The molecule has 182 valence electrons. The van der Waals surface area contributed by atoms with Crippen LogP contribution in [0.25, 0.3) is 0 Å². The van der Waals surface area contributed by atoms with Gasteiger partial charge in [-0.2, -0.15) is 0 Å². The minimum absolute atomic E-state index is 0.278. The van der Waals surface area contributed by atoms with Crippen molar-refractivity contribution in [1.29, 1.82) is 0 Å². The maximum absolute atomic E-state index is 11.7. The molecule has 0 rings (SSSR count). The second-order valence-electron chi connectivity index (χ2n) is 10.2. The van der Waals surface area contributed by atoms with Crippen LogP contribution in [-0.4, -0.2) is 48.8 Å².